The molecule has 3 N–H and O–H groups in total. The highest BCUT2D eigenvalue weighted by Crippen LogP contribution is 2.23. The first-order chi connectivity index (χ1) is 6.16. The molecule has 1 aromatic heterocycles. The highest BCUT2D eigenvalue weighted by atomic mass is 16.4. The molecular formula is C9H7NO3. The first kappa shape index (κ1) is 7.67. The minimum Gasteiger partial charge on any atom is -0.507 e. The van der Waals surface area contributed by atoms with Crippen LogP contribution < -0.4 is 11.4 Å². The van der Waals surface area contributed by atoms with Gasteiger partial charge in [-0.15, -0.1) is 0 Å². The minimum absolute atomic E-state index is 0.112. The van der Waals surface area contributed by atoms with Gasteiger partial charge in [0.25, 0.3) is 0 Å². The zero-order chi connectivity index (χ0) is 9.42. The maximum Gasteiger partial charge on any atom is 0.339 e. The molecule has 4 heteroatoms. The quantitative estimate of drug-likeness (QED) is 0.466. The molecule has 66 valence electrons. The summed E-state index contributed by atoms with van der Waals surface area (Å²) in [7, 11) is 0. The molecule has 13 heavy (non-hydrogen) atoms. The summed E-state index contributed by atoms with van der Waals surface area (Å²) in [5.74, 6) is -0.112. The van der Waals surface area contributed by atoms with E-state index in [4.69, 9.17) is 10.2 Å². The molecule has 0 fully saturated rings. The monoisotopic (exact) mass is 177 g/mol. The molecule has 2 rings (SSSR count). The molecule has 0 aliphatic heterocycles. The van der Waals surface area contributed by atoms with Gasteiger partial charge in [0.1, 0.15) is 11.3 Å². The molecule has 2 aromatic rings. The van der Waals surface area contributed by atoms with Crippen LogP contribution in [-0.4, -0.2) is 5.11 Å². The van der Waals surface area contributed by atoms with Gasteiger partial charge in [0.05, 0.1) is 11.5 Å². The maximum absolute atomic E-state index is 10.8. The number of hydrogen-bond donors (Lipinski definition) is 2. The summed E-state index contributed by atoms with van der Waals surface area (Å²) in [6.07, 6.45) is 0. The van der Waals surface area contributed by atoms with Crippen molar-refractivity contribution >= 4 is 16.7 Å². The second-order valence-electron chi connectivity index (χ2n) is 2.71. The third-order valence-electron chi connectivity index (χ3n) is 1.74. The van der Waals surface area contributed by atoms with Gasteiger partial charge in [0.2, 0.25) is 0 Å². The van der Waals surface area contributed by atoms with Gasteiger partial charge in [0.15, 0.2) is 0 Å². The van der Waals surface area contributed by atoms with Crippen molar-refractivity contribution in [2.75, 3.05) is 5.73 Å². The molecule has 4 nitrogen and oxygen atoms in total. The van der Waals surface area contributed by atoms with E-state index in [1.165, 1.54) is 0 Å². The van der Waals surface area contributed by atoms with Crippen molar-refractivity contribution in [1.82, 2.24) is 0 Å². The van der Waals surface area contributed by atoms with Crippen LogP contribution in [0.2, 0.25) is 0 Å². The molecule has 0 aliphatic rings. The van der Waals surface area contributed by atoms with Gasteiger partial charge < -0.3 is 15.3 Å². The lowest BCUT2D eigenvalue weighted by Gasteiger charge is -1.99. The summed E-state index contributed by atoms with van der Waals surface area (Å²) in [6.45, 7) is 0. The number of nitrogen functional groups attached to an aromatic ring is 1. The summed E-state index contributed by atoms with van der Waals surface area (Å²) in [6, 6.07) is 5.71. The van der Waals surface area contributed by atoms with E-state index in [2.05, 4.69) is 0 Å². The van der Waals surface area contributed by atoms with E-state index in [0.29, 0.717) is 16.7 Å². The summed E-state index contributed by atoms with van der Waals surface area (Å²) in [5.41, 5.74) is 5.77. The van der Waals surface area contributed by atoms with E-state index >= 15 is 0 Å². The molecule has 0 amide bonds. The lowest BCUT2D eigenvalue weighted by Crippen LogP contribution is -1.95. The van der Waals surface area contributed by atoms with Crippen LogP contribution in [0.5, 0.6) is 5.75 Å². The van der Waals surface area contributed by atoms with Gasteiger partial charge in [-0.25, -0.2) is 4.79 Å². The van der Waals surface area contributed by atoms with Crippen LogP contribution in [0.3, 0.4) is 0 Å². The first-order valence-electron chi connectivity index (χ1n) is 3.69. The smallest absolute Gasteiger partial charge is 0.339 e. The Kier molecular flexibility index (Phi) is 1.48. The van der Waals surface area contributed by atoms with Gasteiger partial charge in [-0.2, -0.15) is 0 Å². The standard InChI is InChI=1S/C9H7NO3/c10-5-1-2-8-6(3-5)7(11)4-9(12)13-8/h1-4,11H,10H2. The molecule has 0 saturated heterocycles. The Hall–Kier alpha value is -1.97. The Morgan fingerprint density at radius 3 is 2.85 bits per heavy atom. The molecule has 1 aromatic carbocycles. The van der Waals surface area contributed by atoms with Crippen LogP contribution in [0.1, 0.15) is 0 Å². The van der Waals surface area contributed by atoms with Crippen molar-refractivity contribution < 1.29 is 9.52 Å². The predicted octanol–water partition coefficient (Wildman–Crippen LogP) is 1.08. The minimum atomic E-state index is -0.574. The molecular weight excluding hydrogens is 170 g/mol. The van der Waals surface area contributed by atoms with Crippen molar-refractivity contribution in [1.29, 1.82) is 0 Å². The number of rotatable bonds is 0. The fraction of sp³-hybridized carbons (Fsp3) is 0. The number of aromatic hydroxyl groups is 1. The molecule has 0 unspecified atom stereocenters. The van der Waals surface area contributed by atoms with Gasteiger partial charge in [0, 0.05) is 5.69 Å². The largest absolute Gasteiger partial charge is 0.507 e. The molecule has 0 bridgehead atoms. The predicted molar refractivity (Wildman–Crippen MR) is 48.6 cm³/mol. The van der Waals surface area contributed by atoms with E-state index in [-0.39, 0.29) is 5.75 Å². The second kappa shape index (κ2) is 2.52. The number of benzene rings is 1. The van der Waals surface area contributed by atoms with Crippen LogP contribution >= 0.6 is 0 Å². The Bertz CT molecular complexity index is 516. The lowest BCUT2D eigenvalue weighted by atomic mass is 10.2. The molecule has 0 spiro atoms. The maximum atomic E-state index is 10.8. The van der Waals surface area contributed by atoms with Crippen LogP contribution in [0.15, 0.2) is 33.5 Å². The molecule has 0 aliphatic carbocycles. The Balaban J connectivity index is 2.95. The average Bonchev–Trinajstić information content (AvgIpc) is 2.06. The van der Waals surface area contributed by atoms with Crippen LogP contribution in [-0.2, 0) is 0 Å². The molecule has 0 saturated carbocycles. The van der Waals surface area contributed by atoms with E-state index in [1.807, 2.05) is 0 Å². The highest BCUT2D eigenvalue weighted by Gasteiger charge is 2.03. The van der Waals surface area contributed by atoms with E-state index in [9.17, 15) is 9.90 Å². The SMILES string of the molecule is Nc1ccc2oc(=O)cc(O)c2c1. The van der Waals surface area contributed by atoms with E-state index < -0.39 is 5.63 Å². The fourth-order valence-electron chi connectivity index (χ4n) is 1.16. The molecule has 1 heterocycles. The number of fused-ring (bicyclic) bond motifs is 1. The Morgan fingerprint density at radius 1 is 1.31 bits per heavy atom. The van der Waals surface area contributed by atoms with Crippen molar-refractivity contribution in [2.45, 2.75) is 0 Å². The third kappa shape index (κ3) is 1.22. The van der Waals surface area contributed by atoms with Crippen molar-refractivity contribution in [2.24, 2.45) is 0 Å². The summed E-state index contributed by atoms with van der Waals surface area (Å²) < 4.78 is 4.83. The van der Waals surface area contributed by atoms with Gasteiger partial charge in [-0.3, -0.25) is 0 Å². The zero-order valence-corrected chi connectivity index (χ0v) is 6.65. The highest BCUT2D eigenvalue weighted by molar-refractivity contribution is 5.85. The molecule has 0 radical (unpaired) electrons. The summed E-state index contributed by atoms with van der Waals surface area (Å²) in [4.78, 5) is 10.8. The van der Waals surface area contributed by atoms with Gasteiger partial charge >= 0.3 is 5.63 Å². The van der Waals surface area contributed by atoms with Crippen molar-refractivity contribution in [3.8, 4) is 5.75 Å². The van der Waals surface area contributed by atoms with Gasteiger partial charge in [-0.05, 0) is 18.2 Å². The van der Waals surface area contributed by atoms with E-state index in [0.717, 1.165) is 6.07 Å². The van der Waals surface area contributed by atoms with Crippen molar-refractivity contribution in [3.05, 3.63) is 34.7 Å². The van der Waals surface area contributed by atoms with Crippen LogP contribution in [0.4, 0.5) is 5.69 Å². The zero-order valence-electron chi connectivity index (χ0n) is 6.65. The lowest BCUT2D eigenvalue weighted by molar-refractivity contribution is 0.468. The first-order valence-corrected chi connectivity index (χ1v) is 3.69. The van der Waals surface area contributed by atoms with Gasteiger partial charge in [-0.1, -0.05) is 0 Å². The number of nitrogens with two attached hydrogens (primary N) is 1. The topological polar surface area (TPSA) is 76.5 Å². The number of hydrogen-bond acceptors (Lipinski definition) is 4. The Labute approximate surface area is 73.2 Å². The van der Waals surface area contributed by atoms with Crippen LogP contribution in [0.25, 0.3) is 11.0 Å². The average molecular weight is 177 g/mol. The van der Waals surface area contributed by atoms with Crippen molar-refractivity contribution in [3.63, 3.8) is 0 Å². The summed E-state index contributed by atoms with van der Waals surface area (Å²) in [5, 5.41) is 9.80. The van der Waals surface area contributed by atoms with Crippen LogP contribution in [0, 0.1) is 0 Å². The fourth-order valence-corrected chi connectivity index (χ4v) is 1.16. The number of anilines is 1. The second-order valence-corrected chi connectivity index (χ2v) is 2.71. The van der Waals surface area contributed by atoms with E-state index in [1.54, 1.807) is 18.2 Å². The Morgan fingerprint density at radius 2 is 2.08 bits per heavy atom. The molecule has 0 atom stereocenters. The normalized spacial score (nSPS) is 10.5. The third-order valence-corrected chi connectivity index (χ3v) is 1.74. The summed E-state index contributed by atoms with van der Waals surface area (Å²) >= 11 is 0.